The van der Waals surface area contributed by atoms with Crippen LogP contribution in [0.25, 0.3) is 11.3 Å². The highest BCUT2D eigenvalue weighted by Crippen LogP contribution is 2.31. The van der Waals surface area contributed by atoms with E-state index in [1.165, 1.54) is 0 Å². The number of amides is 1. The van der Waals surface area contributed by atoms with Gasteiger partial charge in [0.25, 0.3) is 5.91 Å². The normalized spacial score (nSPS) is 11.9. The zero-order valence-electron chi connectivity index (χ0n) is 18.6. The van der Waals surface area contributed by atoms with Crippen LogP contribution in [0, 0.1) is 0 Å². The molecule has 1 heterocycles. The van der Waals surface area contributed by atoms with Gasteiger partial charge in [-0.2, -0.15) is 0 Å². The molecule has 0 unspecified atom stereocenters. The van der Waals surface area contributed by atoms with Crippen molar-refractivity contribution in [1.82, 2.24) is 10.5 Å². The minimum atomic E-state index is -0.843. The Labute approximate surface area is 196 Å². The average molecular weight is 472 g/mol. The van der Waals surface area contributed by atoms with Gasteiger partial charge in [0.15, 0.2) is 11.5 Å². The average Bonchev–Trinajstić information content (AvgIpc) is 3.25. The van der Waals surface area contributed by atoms with E-state index in [0.29, 0.717) is 34.3 Å². The Morgan fingerprint density at radius 1 is 1.12 bits per heavy atom. The summed E-state index contributed by atoms with van der Waals surface area (Å²) in [6.45, 7) is 6.15. The summed E-state index contributed by atoms with van der Waals surface area (Å²) in [5, 5.41) is 19.0. The Hall–Kier alpha value is -3.36. The number of aliphatic carboxylic acids is 1. The van der Waals surface area contributed by atoms with Crippen LogP contribution in [0.2, 0.25) is 5.02 Å². The minimum Gasteiger partial charge on any atom is -0.489 e. The largest absolute Gasteiger partial charge is 0.489 e. The summed E-state index contributed by atoms with van der Waals surface area (Å²) in [5.41, 5.74) is 2.39. The van der Waals surface area contributed by atoms with Crippen LogP contribution in [0.15, 0.2) is 53.1 Å². The zero-order valence-corrected chi connectivity index (χ0v) is 19.3. The summed E-state index contributed by atoms with van der Waals surface area (Å²) in [6.07, 6.45) is 0.0552. The number of carbonyl (C=O) groups excluding carboxylic acids is 1. The molecular weight excluding hydrogens is 446 g/mol. The van der Waals surface area contributed by atoms with Gasteiger partial charge in [0.1, 0.15) is 5.75 Å². The van der Waals surface area contributed by atoms with Crippen LogP contribution in [-0.2, 0) is 4.79 Å². The first-order valence-corrected chi connectivity index (χ1v) is 10.9. The SMILES string of the molecule is CC(C)Oc1ccc(-c2cc(C(=O)Nc3ccc([C@H](C)NCCC(=O)O)cc3)no2)cc1Cl. The number of nitrogens with zero attached hydrogens (tertiary/aromatic N) is 1. The van der Waals surface area contributed by atoms with Gasteiger partial charge >= 0.3 is 5.97 Å². The molecule has 1 atom stereocenters. The predicted molar refractivity (Wildman–Crippen MR) is 126 cm³/mol. The van der Waals surface area contributed by atoms with Crippen LogP contribution >= 0.6 is 11.6 Å². The minimum absolute atomic E-state index is 0.000553. The number of benzene rings is 2. The molecule has 174 valence electrons. The van der Waals surface area contributed by atoms with Crippen LogP contribution < -0.4 is 15.4 Å². The first kappa shape index (κ1) is 24.3. The summed E-state index contributed by atoms with van der Waals surface area (Å²) in [6, 6.07) is 14.0. The molecule has 0 saturated carbocycles. The lowest BCUT2D eigenvalue weighted by Crippen LogP contribution is -2.21. The Morgan fingerprint density at radius 3 is 2.48 bits per heavy atom. The second kappa shape index (κ2) is 11.0. The van der Waals surface area contributed by atoms with E-state index in [9.17, 15) is 9.59 Å². The van der Waals surface area contributed by atoms with E-state index in [-0.39, 0.29) is 24.3 Å². The highest BCUT2D eigenvalue weighted by molar-refractivity contribution is 6.32. The number of hydrogen-bond acceptors (Lipinski definition) is 6. The van der Waals surface area contributed by atoms with Crippen molar-refractivity contribution >= 4 is 29.2 Å². The van der Waals surface area contributed by atoms with E-state index in [2.05, 4.69) is 15.8 Å². The number of aromatic nitrogens is 1. The van der Waals surface area contributed by atoms with Crippen molar-refractivity contribution in [2.45, 2.75) is 39.3 Å². The first-order chi connectivity index (χ1) is 15.7. The summed E-state index contributed by atoms with van der Waals surface area (Å²) < 4.78 is 11.0. The molecule has 0 aliphatic heterocycles. The Kier molecular flexibility index (Phi) is 8.08. The Balaban J connectivity index is 1.61. The third-order valence-corrected chi connectivity index (χ3v) is 5.08. The van der Waals surface area contributed by atoms with Gasteiger partial charge in [0, 0.05) is 29.9 Å². The van der Waals surface area contributed by atoms with Crippen molar-refractivity contribution in [2.75, 3.05) is 11.9 Å². The smallest absolute Gasteiger partial charge is 0.304 e. The molecule has 0 aliphatic rings. The van der Waals surface area contributed by atoms with Gasteiger partial charge in [0.05, 0.1) is 17.5 Å². The Morgan fingerprint density at radius 2 is 1.85 bits per heavy atom. The molecule has 9 heteroatoms. The number of carboxylic acid groups (broad SMARTS) is 1. The molecule has 2 aromatic carbocycles. The van der Waals surface area contributed by atoms with Crippen LogP contribution in [0.1, 0.15) is 49.3 Å². The lowest BCUT2D eigenvalue weighted by molar-refractivity contribution is -0.136. The molecule has 3 rings (SSSR count). The lowest BCUT2D eigenvalue weighted by atomic mass is 10.1. The molecule has 3 N–H and O–H groups in total. The molecule has 1 amide bonds. The number of anilines is 1. The summed E-state index contributed by atoms with van der Waals surface area (Å²) in [7, 11) is 0. The number of hydrogen-bond donors (Lipinski definition) is 3. The lowest BCUT2D eigenvalue weighted by Gasteiger charge is -2.14. The highest BCUT2D eigenvalue weighted by Gasteiger charge is 2.16. The number of nitrogens with one attached hydrogen (secondary N) is 2. The van der Waals surface area contributed by atoms with E-state index in [1.807, 2.05) is 32.9 Å². The number of carbonyl (C=O) groups is 2. The monoisotopic (exact) mass is 471 g/mol. The van der Waals surface area contributed by atoms with E-state index in [1.54, 1.807) is 36.4 Å². The summed E-state index contributed by atoms with van der Waals surface area (Å²) in [5.74, 6) is -0.266. The molecule has 1 aromatic heterocycles. The van der Waals surface area contributed by atoms with Crippen molar-refractivity contribution in [1.29, 1.82) is 0 Å². The quantitative estimate of drug-likeness (QED) is 0.374. The molecule has 3 aromatic rings. The van der Waals surface area contributed by atoms with Crippen molar-refractivity contribution in [3.05, 3.63) is 64.8 Å². The van der Waals surface area contributed by atoms with Crippen LogP contribution in [0.5, 0.6) is 5.75 Å². The standard InChI is InChI=1S/C24H26ClN3O5/c1-14(2)32-21-9-6-17(12-19(21)25)22-13-20(28-33-22)24(31)27-18-7-4-16(5-8-18)15(3)26-11-10-23(29)30/h4-9,12-15,26H,10-11H2,1-3H3,(H,27,31)(H,29,30)/t15-/m0/s1. The maximum Gasteiger partial charge on any atom is 0.304 e. The third kappa shape index (κ3) is 6.81. The van der Waals surface area contributed by atoms with Gasteiger partial charge in [-0.3, -0.25) is 9.59 Å². The second-order valence-corrected chi connectivity index (χ2v) is 8.19. The van der Waals surface area contributed by atoms with Gasteiger partial charge in [-0.15, -0.1) is 0 Å². The molecule has 0 radical (unpaired) electrons. The molecule has 0 saturated heterocycles. The van der Waals surface area contributed by atoms with Crippen LogP contribution in [0.3, 0.4) is 0 Å². The molecule has 8 nitrogen and oxygen atoms in total. The van der Waals surface area contributed by atoms with Gasteiger partial charge in [-0.1, -0.05) is 28.9 Å². The third-order valence-electron chi connectivity index (χ3n) is 4.78. The first-order valence-electron chi connectivity index (χ1n) is 10.5. The van der Waals surface area contributed by atoms with Crippen molar-refractivity contribution < 1.29 is 24.0 Å². The van der Waals surface area contributed by atoms with Gasteiger partial charge < -0.3 is 25.0 Å². The van der Waals surface area contributed by atoms with E-state index in [0.717, 1.165) is 5.56 Å². The fourth-order valence-electron chi connectivity index (χ4n) is 3.09. The van der Waals surface area contributed by atoms with Crippen LogP contribution in [0.4, 0.5) is 5.69 Å². The van der Waals surface area contributed by atoms with Gasteiger partial charge in [-0.25, -0.2) is 0 Å². The molecule has 33 heavy (non-hydrogen) atoms. The van der Waals surface area contributed by atoms with Crippen molar-refractivity contribution in [3.63, 3.8) is 0 Å². The van der Waals surface area contributed by atoms with Gasteiger partial charge in [0.2, 0.25) is 0 Å². The van der Waals surface area contributed by atoms with Crippen molar-refractivity contribution in [3.8, 4) is 17.1 Å². The second-order valence-electron chi connectivity index (χ2n) is 7.78. The number of halogens is 1. The fraction of sp³-hybridized carbons (Fsp3) is 0.292. The summed E-state index contributed by atoms with van der Waals surface area (Å²) >= 11 is 6.28. The van der Waals surface area contributed by atoms with E-state index >= 15 is 0 Å². The molecule has 0 fully saturated rings. The molecular formula is C24H26ClN3O5. The number of ether oxygens (including phenoxy) is 1. The topological polar surface area (TPSA) is 114 Å². The molecule has 0 spiro atoms. The van der Waals surface area contributed by atoms with E-state index in [4.69, 9.17) is 26.0 Å². The maximum absolute atomic E-state index is 12.6. The summed E-state index contributed by atoms with van der Waals surface area (Å²) in [4.78, 5) is 23.2. The van der Waals surface area contributed by atoms with E-state index < -0.39 is 11.9 Å². The Bertz CT molecular complexity index is 1110. The fourth-order valence-corrected chi connectivity index (χ4v) is 3.31. The molecule has 0 aliphatic carbocycles. The maximum atomic E-state index is 12.6. The molecule has 0 bridgehead atoms. The van der Waals surface area contributed by atoms with Gasteiger partial charge in [-0.05, 0) is 56.7 Å². The number of carboxylic acids is 1. The van der Waals surface area contributed by atoms with Crippen molar-refractivity contribution in [2.24, 2.45) is 0 Å². The van der Waals surface area contributed by atoms with Crippen LogP contribution in [-0.4, -0.2) is 34.8 Å². The predicted octanol–water partition coefficient (Wildman–Crippen LogP) is 5.16. The number of rotatable bonds is 10. The highest BCUT2D eigenvalue weighted by atomic mass is 35.5. The zero-order chi connectivity index (χ0) is 24.0.